The second-order valence-electron chi connectivity index (χ2n) is 5.06. The standard InChI is InChI=1S/C15H18N2O2/c1-19-14-8-4-7-12-11(14)9-13(17-12)15(18)16-10-5-2-3-6-10/h4,7-10,17H,2-3,5-6H2,1H3,(H,16,18). The van der Waals surface area contributed by atoms with Crippen LogP contribution in [-0.2, 0) is 0 Å². The molecule has 0 saturated heterocycles. The summed E-state index contributed by atoms with van der Waals surface area (Å²) in [6, 6.07) is 7.95. The van der Waals surface area contributed by atoms with E-state index in [1.54, 1.807) is 7.11 Å². The number of carbonyl (C=O) groups excluding carboxylic acids is 1. The monoisotopic (exact) mass is 258 g/mol. The number of fused-ring (bicyclic) bond motifs is 1. The van der Waals surface area contributed by atoms with Gasteiger partial charge in [0.25, 0.3) is 5.91 Å². The zero-order valence-electron chi connectivity index (χ0n) is 11.0. The summed E-state index contributed by atoms with van der Waals surface area (Å²) in [6.45, 7) is 0. The van der Waals surface area contributed by atoms with Crippen molar-refractivity contribution >= 4 is 16.8 Å². The number of H-pyrrole nitrogens is 1. The Morgan fingerprint density at radius 2 is 2.16 bits per heavy atom. The highest BCUT2D eigenvalue weighted by Gasteiger charge is 2.19. The topological polar surface area (TPSA) is 54.1 Å². The molecule has 0 unspecified atom stereocenters. The van der Waals surface area contributed by atoms with Crippen molar-refractivity contribution in [1.82, 2.24) is 10.3 Å². The molecule has 1 aliphatic rings. The van der Waals surface area contributed by atoms with Gasteiger partial charge in [-0.2, -0.15) is 0 Å². The van der Waals surface area contributed by atoms with Gasteiger partial charge in [0.15, 0.2) is 0 Å². The second kappa shape index (κ2) is 4.96. The van der Waals surface area contributed by atoms with Crippen molar-refractivity contribution in [3.05, 3.63) is 30.0 Å². The minimum absolute atomic E-state index is 0.0230. The molecular formula is C15H18N2O2. The van der Waals surface area contributed by atoms with Gasteiger partial charge in [0, 0.05) is 16.9 Å². The molecule has 0 aliphatic heterocycles. The van der Waals surface area contributed by atoms with Gasteiger partial charge in [-0.1, -0.05) is 18.9 Å². The average molecular weight is 258 g/mol. The first-order chi connectivity index (χ1) is 9.28. The maximum Gasteiger partial charge on any atom is 0.267 e. The lowest BCUT2D eigenvalue weighted by Crippen LogP contribution is -2.32. The van der Waals surface area contributed by atoms with Gasteiger partial charge in [-0.15, -0.1) is 0 Å². The van der Waals surface area contributed by atoms with E-state index in [1.807, 2.05) is 24.3 Å². The molecule has 1 amide bonds. The number of amides is 1. The smallest absolute Gasteiger partial charge is 0.267 e. The van der Waals surface area contributed by atoms with Crippen LogP contribution in [0.3, 0.4) is 0 Å². The summed E-state index contributed by atoms with van der Waals surface area (Å²) in [6.07, 6.45) is 4.61. The normalized spacial score (nSPS) is 15.8. The number of ether oxygens (including phenoxy) is 1. The SMILES string of the molecule is COc1cccc2[nH]c(C(=O)NC3CCCC3)cc12. The molecule has 1 aliphatic carbocycles. The second-order valence-corrected chi connectivity index (χ2v) is 5.06. The van der Waals surface area contributed by atoms with E-state index in [4.69, 9.17) is 4.74 Å². The summed E-state index contributed by atoms with van der Waals surface area (Å²) in [5.74, 6) is 0.763. The summed E-state index contributed by atoms with van der Waals surface area (Å²) in [7, 11) is 1.64. The van der Waals surface area contributed by atoms with Crippen LogP contribution in [0.15, 0.2) is 24.3 Å². The zero-order chi connectivity index (χ0) is 13.2. The Labute approximate surface area is 112 Å². The Kier molecular flexibility index (Phi) is 3.15. The summed E-state index contributed by atoms with van der Waals surface area (Å²) >= 11 is 0. The molecule has 0 spiro atoms. The first kappa shape index (κ1) is 12.1. The van der Waals surface area contributed by atoms with Gasteiger partial charge in [0.05, 0.1) is 7.11 Å². The third-order valence-electron chi connectivity index (χ3n) is 3.78. The zero-order valence-corrected chi connectivity index (χ0v) is 11.0. The van der Waals surface area contributed by atoms with Crippen molar-refractivity contribution < 1.29 is 9.53 Å². The van der Waals surface area contributed by atoms with Gasteiger partial charge in [-0.05, 0) is 31.0 Å². The van der Waals surface area contributed by atoms with Crippen molar-refractivity contribution in [2.24, 2.45) is 0 Å². The van der Waals surface area contributed by atoms with Gasteiger partial charge >= 0.3 is 0 Å². The molecule has 1 saturated carbocycles. The van der Waals surface area contributed by atoms with Crippen LogP contribution in [0.25, 0.3) is 10.9 Å². The largest absolute Gasteiger partial charge is 0.496 e. The molecule has 1 heterocycles. The molecule has 4 nitrogen and oxygen atoms in total. The van der Waals surface area contributed by atoms with E-state index in [-0.39, 0.29) is 5.91 Å². The lowest BCUT2D eigenvalue weighted by Gasteiger charge is -2.10. The maximum absolute atomic E-state index is 12.2. The van der Waals surface area contributed by atoms with E-state index in [0.29, 0.717) is 11.7 Å². The number of carbonyl (C=O) groups is 1. The Balaban J connectivity index is 1.86. The average Bonchev–Trinajstić information content (AvgIpc) is 3.06. The summed E-state index contributed by atoms with van der Waals surface area (Å²) < 4.78 is 5.30. The number of rotatable bonds is 3. The van der Waals surface area contributed by atoms with E-state index in [1.165, 1.54) is 12.8 Å². The van der Waals surface area contributed by atoms with Crippen LogP contribution in [0.1, 0.15) is 36.2 Å². The minimum atomic E-state index is -0.0230. The van der Waals surface area contributed by atoms with Crippen LogP contribution in [0.4, 0.5) is 0 Å². The van der Waals surface area contributed by atoms with Crippen LogP contribution < -0.4 is 10.1 Å². The summed E-state index contributed by atoms with van der Waals surface area (Å²) in [5, 5.41) is 4.03. The molecule has 1 fully saturated rings. The minimum Gasteiger partial charge on any atom is -0.496 e. The summed E-state index contributed by atoms with van der Waals surface area (Å²) in [5.41, 5.74) is 1.53. The lowest BCUT2D eigenvalue weighted by molar-refractivity contribution is 0.0933. The van der Waals surface area contributed by atoms with Gasteiger partial charge < -0.3 is 15.0 Å². The fourth-order valence-electron chi connectivity index (χ4n) is 2.76. The number of aromatic amines is 1. The van der Waals surface area contributed by atoms with Gasteiger partial charge in [0.2, 0.25) is 0 Å². The predicted octanol–water partition coefficient (Wildman–Crippen LogP) is 2.85. The molecule has 1 aromatic carbocycles. The van der Waals surface area contributed by atoms with Gasteiger partial charge in [-0.3, -0.25) is 4.79 Å². The van der Waals surface area contributed by atoms with Gasteiger partial charge in [-0.25, -0.2) is 0 Å². The fraction of sp³-hybridized carbons (Fsp3) is 0.400. The van der Waals surface area contributed by atoms with E-state index in [0.717, 1.165) is 29.5 Å². The summed E-state index contributed by atoms with van der Waals surface area (Å²) in [4.78, 5) is 15.3. The van der Waals surface area contributed by atoms with E-state index in [2.05, 4.69) is 10.3 Å². The first-order valence-corrected chi connectivity index (χ1v) is 6.74. The van der Waals surface area contributed by atoms with Crippen LogP contribution in [0.2, 0.25) is 0 Å². The number of hydrogen-bond donors (Lipinski definition) is 2. The number of hydrogen-bond acceptors (Lipinski definition) is 2. The van der Waals surface area contributed by atoms with E-state index < -0.39 is 0 Å². The molecule has 19 heavy (non-hydrogen) atoms. The molecule has 1 aromatic heterocycles. The highest BCUT2D eigenvalue weighted by Crippen LogP contribution is 2.26. The van der Waals surface area contributed by atoms with Crippen molar-refractivity contribution in [2.75, 3.05) is 7.11 Å². The van der Waals surface area contributed by atoms with Crippen molar-refractivity contribution in [3.8, 4) is 5.75 Å². The third kappa shape index (κ3) is 2.30. The van der Waals surface area contributed by atoms with Crippen molar-refractivity contribution in [1.29, 1.82) is 0 Å². The lowest BCUT2D eigenvalue weighted by atomic mass is 10.2. The molecule has 2 N–H and O–H groups in total. The molecule has 3 rings (SSSR count). The van der Waals surface area contributed by atoms with Gasteiger partial charge in [0.1, 0.15) is 11.4 Å². The van der Waals surface area contributed by atoms with E-state index >= 15 is 0 Å². The molecule has 2 aromatic rings. The molecule has 0 atom stereocenters. The van der Waals surface area contributed by atoms with Crippen LogP contribution in [-0.4, -0.2) is 24.0 Å². The highest BCUT2D eigenvalue weighted by molar-refractivity contribution is 5.99. The fourth-order valence-corrected chi connectivity index (χ4v) is 2.76. The molecule has 100 valence electrons. The van der Waals surface area contributed by atoms with Crippen molar-refractivity contribution in [2.45, 2.75) is 31.7 Å². The number of methoxy groups -OCH3 is 1. The number of nitrogens with one attached hydrogen (secondary N) is 2. The van der Waals surface area contributed by atoms with E-state index in [9.17, 15) is 4.79 Å². The number of benzene rings is 1. The Morgan fingerprint density at radius 3 is 2.89 bits per heavy atom. The first-order valence-electron chi connectivity index (χ1n) is 6.74. The predicted molar refractivity (Wildman–Crippen MR) is 74.6 cm³/mol. The molecular weight excluding hydrogens is 240 g/mol. The third-order valence-corrected chi connectivity index (χ3v) is 3.78. The quantitative estimate of drug-likeness (QED) is 0.889. The Hall–Kier alpha value is -1.97. The highest BCUT2D eigenvalue weighted by atomic mass is 16.5. The van der Waals surface area contributed by atoms with Crippen LogP contribution in [0, 0.1) is 0 Å². The maximum atomic E-state index is 12.2. The number of aromatic nitrogens is 1. The molecule has 4 heteroatoms. The van der Waals surface area contributed by atoms with Crippen LogP contribution >= 0.6 is 0 Å². The molecule has 0 bridgehead atoms. The van der Waals surface area contributed by atoms with Crippen molar-refractivity contribution in [3.63, 3.8) is 0 Å². The molecule has 0 radical (unpaired) electrons. The Morgan fingerprint density at radius 1 is 1.37 bits per heavy atom. The van der Waals surface area contributed by atoms with Crippen LogP contribution in [0.5, 0.6) is 5.75 Å². The Bertz CT molecular complexity index is 597.